The van der Waals surface area contributed by atoms with Crippen molar-refractivity contribution in [1.82, 2.24) is 5.32 Å². The van der Waals surface area contributed by atoms with Gasteiger partial charge in [-0.2, -0.15) is 0 Å². The van der Waals surface area contributed by atoms with E-state index in [4.69, 9.17) is 12.2 Å². The third-order valence-electron chi connectivity index (χ3n) is 0.485. The van der Waals surface area contributed by atoms with E-state index in [1.807, 2.05) is 26.2 Å². The first kappa shape index (κ1) is 6.63. The van der Waals surface area contributed by atoms with Crippen LogP contribution in [-0.2, 0) is 0 Å². The van der Waals surface area contributed by atoms with Gasteiger partial charge in [0, 0.05) is 11.9 Å². The summed E-state index contributed by atoms with van der Waals surface area (Å²) in [5, 5.41) is 2.83. The topological polar surface area (TPSA) is 12.0 Å². The lowest BCUT2D eigenvalue weighted by Gasteiger charge is -1.81. The molecule has 0 unspecified atom stereocenters. The van der Waals surface area contributed by atoms with E-state index < -0.39 is 0 Å². The van der Waals surface area contributed by atoms with Crippen molar-refractivity contribution in [2.45, 2.75) is 6.92 Å². The average molecular weight is 115 g/mol. The lowest BCUT2D eigenvalue weighted by molar-refractivity contribution is 1.11. The summed E-state index contributed by atoms with van der Waals surface area (Å²) < 4.78 is 0. The summed E-state index contributed by atoms with van der Waals surface area (Å²) in [5.74, 6) is 0. The molecule has 0 atom stereocenters. The Morgan fingerprint density at radius 2 is 2.29 bits per heavy atom. The minimum absolute atomic E-state index is 0.898. The van der Waals surface area contributed by atoms with Crippen LogP contribution in [0.2, 0.25) is 0 Å². The van der Waals surface area contributed by atoms with Gasteiger partial charge in [-0.1, -0.05) is 12.2 Å². The van der Waals surface area contributed by atoms with Gasteiger partial charge in [-0.15, -0.1) is 0 Å². The molecule has 0 fully saturated rings. The monoisotopic (exact) mass is 115 g/mol. The molecular weight excluding hydrogens is 106 g/mol. The van der Waals surface area contributed by atoms with E-state index in [9.17, 15) is 0 Å². The Kier molecular flexibility index (Phi) is 3.61. The molecule has 0 rings (SSSR count). The van der Waals surface area contributed by atoms with Crippen molar-refractivity contribution in [3.63, 3.8) is 0 Å². The van der Waals surface area contributed by atoms with E-state index >= 15 is 0 Å². The molecule has 2 heteroatoms. The summed E-state index contributed by atoms with van der Waals surface area (Å²) in [6, 6.07) is 0. The summed E-state index contributed by atoms with van der Waals surface area (Å²) in [7, 11) is 1.84. The maximum atomic E-state index is 4.73. The van der Waals surface area contributed by atoms with E-state index in [2.05, 4.69) is 5.32 Å². The Bertz CT molecular complexity index is 86.1. The highest BCUT2D eigenvalue weighted by Crippen LogP contribution is 1.73. The molecule has 0 bridgehead atoms. The standard InChI is InChI=1S/C5H9NS/c1-5(7)3-4-6-2/h3-4,6H,1-2H3. The van der Waals surface area contributed by atoms with Crippen molar-refractivity contribution >= 4 is 17.1 Å². The molecule has 0 aliphatic heterocycles. The van der Waals surface area contributed by atoms with E-state index in [0.29, 0.717) is 0 Å². The molecule has 0 saturated heterocycles. The third kappa shape index (κ3) is 5.63. The van der Waals surface area contributed by atoms with Gasteiger partial charge in [-0.25, -0.2) is 0 Å². The molecule has 0 aromatic rings. The predicted octanol–water partition coefficient (Wildman–Crippen LogP) is 1.11. The first-order valence-electron chi connectivity index (χ1n) is 2.11. The van der Waals surface area contributed by atoms with E-state index in [1.54, 1.807) is 0 Å². The molecule has 0 saturated carbocycles. The second-order valence-corrected chi connectivity index (χ2v) is 1.88. The molecule has 1 N–H and O–H groups in total. The van der Waals surface area contributed by atoms with Gasteiger partial charge in [-0.3, -0.25) is 0 Å². The predicted molar refractivity (Wildman–Crippen MR) is 36.5 cm³/mol. The molecule has 0 radical (unpaired) electrons. The van der Waals surface area contributed by atoms with Gasteiger partial charge in [0.2, 0.25) is 0 Å². The van der Waals surface area contributed by atoms with Gasteiger partial charge in [0.05, 0.1) is 0 Å². The van der Waals surface area contributed by atoms with Crippen LogP contribution in [0.5, 0.6) is 0 Å². The zero-order chi connectivity index (χ0) is 5.70. The Morgan fingerprint density at radius 3 is 2.43 bits per heavy atom. The molecule has 0 spiro atoms. The number of nitrogens with one attached hydrogen (secondary N) is 1. The second kappa shape index (κ2) is 3.81. The lowest BCUT2D eigenvalue weighted by atomic mass is 10.5. The summed E-state index contributed by atoms with van der Waals surface area (Å²) in [6.07, 6.45) is 3.65. The Balaban J connectivity index is 3.26. The highest BCUT2D eigenvalue weighted by molar-refractivity contribution is 7.80. The van der Waals surface area contributed by atoms with Crippen LogP contribution in [0, 0.1) is 0 Å². The molecular formula is C5H9NS. The van der Waals surface area contributed by atoms with Crippen LogP contribution < -0.4 is 5.32 Å². The molecule has 7 heavy (non-hydrogen) atoms. The smallest absolute Gasteiger partial charge is 0.0135 e. The van der Waals surface area contributed by atoms with Crippen molar-refractivity contribution in [3.05, 3.63) is 12.3 Å². The van der Waals surface area contributed by atoms with Crippen LogP contribution in [0.25, 0.3) is 0 Å². The van der Waals surface area contributed by atoms with Gasteiger partial charge < -0.3 is 5.32 Å². The van der Waals surface area contributed by atoms with Crippen molar-refractivity contribution < 1.29 is 0 Å². The molecule has 1 nitrogen and oxygen atoms in total. The van der Waals surface area contributed by atoms with Gasteiger partial charge >= 0.3 is 0 Å². The quantitative estimate of drug-likeness (QED) is 0.427. The van der Waals surface area contributed by atoms with Crippen LogP contribution in [0.1, 0.15) is 6.92 Å². The van der Waals surface area contributed by atoms with E-state index in [0.717, 1.165) is 4.86 Å². The van der Waals surface area contributed by atoms with Gasteiger partial charge in [0.15, 0.2) is 0 Å². The number of hydrogen-bond donors (Lipinski definition) is 1. The minimum atomic E-state index is 0.898. The Labute approximate surface area is 49.4 Å². The summed E-state index contributed by atoms with van der Waals surface area (Å²) in [5.41, 5.74) is 0. The summed E-state index contributed by atoms with van der Waals surface area (Å²) in [6.45, 7) is 1.88. The summed E-state index contributed by atoms with van der Waals surface area (Å²) >= 11 is 4.73. The summed E-state index contributed by atoms with van der Waals surface area (Å²) in [4.78, 5) is 0.898. The number of hydrogen-bond acceptors (Lipinski definition) is 2. The number of rotatable bonds is 2. The van der Waals surface area contributed by atoms with Crippen molar-refractivity contribution in [3.8, 4) is 0 Å². The SMILES string of the molecule is CNC=CC(C)=S. The van der Waals surface area contributed by atoms with Crippen LogP contribution in [-0.4, -0.2) is 11.9 Å². The highest BCUT2D eigenvalue weighted by atomic mass is 32.1. The van der Waals surface area contributed by atoms with E-state index in [-0.39, 0.29) is 0 Å². The largest absolute Gasteiger partial charge is 0.394 e. The molecule has 0 aromatic carbocycles. The van der Waals surface area contributed by atoms with Crippen molar-refractivity contribution in [2.75, 3.05) is 7.05 Å². The second-order valence-electron chi connectivity index (χ2n) is 1.23. The van der Waals surface area contributed by atoms with Crippen LogP contribution >= 0.6 is 12.2 Å². The van der Waals surface area contributed by atoms with Gasteiger partial charge in [0.25, 0.3) is 0 Å². The number of thiocarbonyl (C=S) groups is 1. The Morgan fingerprint density at radius 1 is 1.71 bits per heavy atom. The maximum absolute atomic E-state index is 4.73. The lowest BCUT2D eigenvalue weighted by Crippen LogP contribution is -1.92. The average Bonchev–Trinajstić information content (AvgIpc) is 1.61. The zero-order valence-corrected chi connectivity index (χ0v) is 5.38. The fraction of sp³-hybridized carbons (Fsp3) is 0.400. The molecule has 40 valence electrons. The molecule has 0 heterocycles. The van der Waals surface area contributed by atoms with Crippen molar-refractivity contribution in [2.24, 2.45) is 0 Å². The fourth-order valence-electron chi connectivity index (χ4n) is 0.201. The van der Waals surface area contributed by atoms with Crippen molar-refractivity contribution in [1.29, 1.82) is 0 Å². The van der Waals surface area contributed by atoms with Gasteiger partial charge in [-0.05, 0) is 19.2 Å². The molecule has 0 aliphatic carbocycles. The molecule has 0 amide bonds. The number of allylic oxidation sites excluding steroid dienone is 1. The minimum Gasteiger partial charge on any atom is -0.394 e. The maximum Gasteiger partial charge on any atom is 0.0135 e. The van der Waals surface area contributed by atoms with E-state index in [1.165, 1.54) is 0 Å². The first-order valence-corrected chi connectivity index (χ1v) is 2.52. The van der Waals surface area contributed by atoms with Crippen LogP contribution in [0.15, 0.2) is 12.3 Å². The third-order valence-corrected chi connectivity index (χ3v) is 0.621. The zero-order valence-electron chi connectivity index (χ0n) is 4.56. The van der Waals surface area contributed by atoms with Crippen LogP contribution in [0.3, 0.4) is 0 Å². The molecule has 0 aromatic heterocycles. The highest BCUT2D eigenvalue weighted by Gasteiger charge is 1.69. The first-order chi connectivity index (χ1) is 3.27. The molecule has 0 aliphatic rings. The van der Waals surface area contributed by atoms with Crippen LogP contribution in [0.4, 0.5) is 0 Å². The Hall–Kier alpha value is -0.370. The normalized spacial score (nSPS) is 9.43. The fourth-order valence-corrected chi connectivity index (χ4v) is 0.269. The van der Waals surface area contributed by atoms with Gasteiger partial charge in [0.1, 0.15) is 0 Å².